The van der Waals surface area contributed by atoms with Crippen LogP contribution in [0.15, 0.2) is 50.5 Å². The molecule has 4 aromatic rings. The third-order valence-electron chi connectivity index (χ3n) is 7.09. The predicted octanol–water partition coefficient (Wildman–Crippen LogP) is 1.51. The largest absolute Gasteiger partial charge is 0.361 e. The van der Waals surface area contributed by atoms with Gasteiger partial charge in [-0.1, -0.05) is 35.5 Å². The van der Waals surface area contributed by atoms with Crippen molar-refractivity contribution in [3.8, 4) is 0 Å². The van der Waals surface area contributed by atoms with Gasteiger partial charge in [0.05, 0.1) is 13.1 Å². The number of anilines is 1. The number of halogens is 1. The lowest BCUT2D eigenvalue weighted by molar-refractivity contribution is 0.388. The highest BCUT2D eigenvalue weighted by Crippen LogP contribution is 2.33. The van der Waals surface area contributed by atoms with Gasteiger partial charge in [-0.05, 0) is 24.8 Å². The standard InChI is InChI=1S/C24H27N7O3.ClH/c1-15-10-18(27-34-15)14-31-22(32)20-21(28(2)24(31)33)26-23(29-9-8-17-11-25-12-19(17)29)30(20)13-16-6-4-3-5-7-16;/h3-7,10,17,19,25H,8-9,11-14H2,1-2H3;1H. The summed E-state index contributed by atoms with van der Waals surface area (Å²) in [4.78, 5) is 34.2. The van der Waals surface area contributed by atoms with Gasteiger partial charge in [-0.15, -0.1) is 12.4 Å². The van der Waals surface area contributed by atoms with Crippen LogP contribution in [0.5, 0.6) is 0 Å². The number of aryl methyl sites for hydroxylation is 2. The van der Waals surface area contributed by atoms with Gasteiger partial charge in [0.25, 0.3) is 5.56 Å². The molecule has 6 rings (SSSR count). The zero-order valence-corrected chi connectivity index (χ0v) is 20.5. The van der Waals surface area contributed by atoms with Gasteiger partial charge in [0.15, 0.2) is 11.2 Å². The Labute approximate surface area is 207 Å². The zero-order valence-electron chi connectivity index (χ0n) is 19.7. The Balaban J connectivity index is 0.00000253. The molecule has 5 heterocycles. The van der Waals surface area contributed by atoms with Gasteiger partial charge in [-0.25, -0.2) is 4.79 Å². The SMILES string of the molecule is Cc1cc(Cn2c(=O)c3c(nc(N4CCC5CNCC54)n3Cc3ccccc3)n(C)c2=O)no1.Cl. The summed E-state index contributed by atoms with van der Waals surface area (Å²) in [6.45, 7) is 5.10. The number of imidazole rings is 1. The van der Waals surface area contributed by atoms with E-state index in [0.717, 1.165) is 37.6 Å². The summed E-state index contributed by atoms with van der Waals surface area (Å²) in [6.07, 6.45) is 1.08. The second kappa shape index (κ2) is 9.01. The van der Waals surface area contributed by atoms with E-state index in [1.165, 1.54) is 9.13 Å². The topological polar surface area (TPSA) is 103 Å². The quantitative estimate of drug-likeness (QED) is 0.446. The summed E-state index contributed by atoms with van der Waals surface area (Å²) in [7, 11) is 1.67. The number of nitrogens with zero attached hydrogens (tertiary/aromatic N) is 6. The van der Waals surface area contributed by atoms with Crippen molar-refractivity contribution in [2.24, 2.45) is 13.0 Å². The molecule has 0 radical (unpaired) electrons. The zero-order chi connectivity index (χ0) is 23.4. The third kappa shape index (κ3) is 3.86. The maximum Gasteiger partial charge on any atom is 0.332 e. The number of nitrogens with one attached hydrogen (secondary N) is 1. The summed E-state index contributed by atoms with van der Waals surface area (Å²) in [5.41, 5.74) is 1.64. The molecule has 0 spiro atoms. The van der Waals surface area contributed by atoms with E-state index in [1.54, 1.807) is 20.0 Å². The second-order valence-electron chi connectivity index (χ2n) is 9.29. The molecular weight excluding hydrogens is 470 g/mol. The van der Waals surface area contributed by atoms with Gasteiger partial charge >= 0.3 is 5.69 Å². The van der Waals surface area contributed by atoms with Crippen molar-refractivity contribution in [1.82, 2.24) is 29.2 Å². The van der Waals surface area contributed by atoms with Crippen molar-refractivity contribution in [3.63, 3.8) is 0 Å². The van der Waals surface area contributed by atoms with Crippen LogP contribution in [0.2, 0.25) is 0 Å². The molecule has 2 saturated heterocycles. The number of benzene rings is 1. The minimum absolute atomic E-state index is 0. The number of fused-ring (bicyclic) bond motifs is 2. The van der Waals surface area contributed by atoms with Gasteiger partial charge in [0.1, 0.15) is 11.5 Å². The lowest BCUT2D eigenvalue weighted by Crippen LogP contribution is -2.40. The Morgan fingerprint density at radius 3 is 2.66 bits per heavy atom. The molecular formula is C24H28ClN7O3. The maximum absolute atomic E-state index is 13.8. The summed E-state index contributed by atoms with van der Waals surface area (Å²) < 4.78 is 9.81. The molecule has 10 nitrogen and oxygen atoms in total. The normalized spacial score (nSPS) is 19.3. The Morgan fingerprint density at radius 1 is 1.11 bits per heavy atom. The average molecular weight is 498 g/mol. The van der Waals surface area contributed by atoms with E-state index in [4.69, 9.17) is 9.51 Å². The fraction of sp³-hybridized carbons (Fsp3) is 0.417. The number of aromatic nitrogens is 5. The smallest absolute Gasteiger partial charge is 0.332 e. The van der Waals surface area contributed by atoms with E-state index >= 15 is 0 Å². The first-order valence-electron chi connectivity index (χ1n) is 11.6. The van der Waals surface area contributed by atoms with Crippen LogP contribution in [-0.4, -0.2) is 49.5 Å². The van der Waals surface area contributed by atoms with Crippen molar-refractivity contribution in [3.05, 3.63) is 74.3 Å². The molecule has 0 saturated carbocycles. The maximum atomic E-state index is 13.8. The van der Waals surface area contributed by atoms with Crippen LogP contribution in [0.1, 0.15) is 23.4 Å². The summed E-state index contributed by atoms with van der Waals surface area (Å²) >= 11 is 0. The summed E-state index contributed by atoms with van der Waals surface area (Å²) in [6, 6.07) is 12.1. The van der Waals surface area contributed by atoms with E-state index in [1.807, 2.05) is 34.9 Å². The molecule has 184 valence electrons. The molecule has 1 aromatic carbocycles. The Morgan fingerprint density at radius 2 is 1.91 bits per heavy atom. The first-order chi connectivity index (χ1) is 16.5. The summed E-state index contributed by atoms with van der Waals surface area (Å²) in [5, 5.41) is 7.46. The van der Waals surface area contributed by atoms with E-state index in [2.05, 4.69) is 15.4 Å². The van der Waals surface area contributed by atoms with Gasteiger partial charge in [0.2, 0.25) is 5.95 Å². The number of rotatable bonds is 5. The molecule has 3 aromatic heterocycles. The molecule has 2 aliphatic rings. The minimum atomic E-state index is -0.420. The number of hydrogen-bond acceptors (Lipinski definition) is 7. The van der Waals surface area contributed by atoms with Crippen LogP contribution in [0, 0.1) is 12.8 Å². The highest BCUT2D eigenvalue weighted by atomic mass is 35.5. The lowest BCUT2D eigenvalue weighted by Gasteiger charge is -2.25. The molecule has 1 N–H and O–H groups in total. The fourth-order valence-electron chi connectivity index (χ4n) is 5.39. The molecule has 2 atom stereocenters. The molecule has 0 bridgehead atoms. The van der Waals surface area contributed by atoms with Gasteiger partial charge in [-0.3, -0.25) is 18.5 Å². The van der Waals surface area contributed by atoms with E-state index in [-0.39, 0.29) is 24.5 Å². The monoisotopic (exact) mass is 497 g/mol. The third-order valence-corrected chi connectivity index (χ3v) is 7.09. The first kappa shape index (κ1) is 23.4. The van der Waals surface area contributed by atoms with E-state index < -0.39 is 5.69 Å². The Bertz CT molecular complexity index is 1490. The molecule has 0 aliphatic carbocycles. The second-order valence-corrected chi connectivity index (χ2v) is 9.29. The van der Waals surface area contributed by atoms with Crippen LogP contribution in [0.25, 0.3) is 11.2 Å². The molecule has 2 fully saturated rings. The van der Waals surface area contributed by atoms with Crippen molar-refractivity contribution in [1.29, 1.82) is 0 Å². The highest BCUT2D eigenvalue weighted by Gasteiger charge is 2.40. The van der Waals surface area contributed by atoms with Crippen molar-refractivity contribution < 1.29 is 4.52 Å². The van der Waals surface area contributed by atoms with Gasteiger partial charge in [-0.2, -0.15) is 4.98 Å². The van der Waals surface area contributed by atoms with E-state index in [9.17, 15) is 9.59 Å². The van der Waals surface area contributed by atoms with Gasteiger partial charge in [0, 0.05) is 38.8 Å². The molecule has 2 aliphatic heterocycles. The van der Waals surface area contributed by atoms with Gasteiger partial charge < -0.3 is 14.7 Å². The van der Waals surface area contributed by atoms with Crippen molar-refractivity contribution >= 4 is 29.5 Å². The minimum Gasteiger partial charge on any atom is -0.361 e. The molecule has 2 unspecified atom stereocenters. The predicted molar refractivity (Wildman–Crippen MR) is 134 cm³/mol. The lowest BCUT2D eigenvalue weighted by atomic mass is 10.1. The average Bonchev–Trinajstić information content (AvgIpc) is 3.60. The Kier molecular flexibility index (Phi) is 6.02. The number of hydrogen-bond donors (Lipinski definition) is 1. The van der Waals surface area contributed by atoms with Crippen LogP contribution in [-0.2, 0) is 20.1 Å². The van der Waals surface area contributed by atoms with E-state index in [0.29, 0.717) is 41.1 Å². The van der Waals surface area contributed by atoms with Crippen molar-refractivity contribution in [2.75, 3.05) is 24.5 Å². The van der Waals surface area contributed by atoms with Crippen LogP contribution in [0.4, 0.5) is 5.95 Å². The molecule has 35 heavy (non-hydrogen) atoms. The summed E-state index contributed by atoms with van der Waals surface area (Å²) in [5.74, 6) is 1.95. The van der Waals surface area contributed by atoms with Crippen LogP contribution >= 0.6 is 12.4 Å². The molecule has 0 amide bonds. The molecule has 11 heteroatoms. The van der Waals surface area contributed by atoms with Crippen molar-refractivity contribution in [2.45, 2.75) is 32.5 Å². The van der Waals surface area contributed by atoms with Crippen LogP contribution in [0.3, 0.4) is 0 Å². The fourth-order valence-corrected chi connectivity index (χ4v) is 5.39. The van der Waals surface area contributed by atoms with Crippen LogP contribution < -0.4 is 21.5 Å². The first-order valence-corrected chi connectivity index (χ1v) is 11.6. The Hall–Kier alpha value is -3.37. The highest BCUT2D eigenvalue weighted by molar-refractivity contribution is 5.85.